The maximum absolute atomic E-state index is 8.94. The summed E-state index contributed by atoms with van der Waals surface area (Å²) >= 11 is 0. The van der Waals surface area contributed by atoms with Crippen LogP contribution in [0.4, 0.5) is 17.3 Å². The van der Waals surface area contributed by atoms with E-state index < -0.39 is 0 Å². The SMILES string of the molecule is Cc1nc(N2CCCC2)cc(N2CCN(c3ccc(C#N)cc3)CC2)n1. The lowest BCUT2D eigenvalue weighted by Gasteiger charge is -2.37. The maximum Gasteiger partial charge on any atom is 0.134 e. The van der Waals surface area contributed by atoms with Crippen LogP contribution in [-0.2, 0) is 0 Å². The number of rotatable bonds is 3. The van der Waals surface area contributed by atoms with E-state index in [2.05, 4.69) is 36.8 Å². The molecule has 0 radical (unpaired) electrons. The summed E-state index contributed by atoms with van der Waals surface area (Å²) in [6.07, 6.45) is 2.50. The summed E-state index contributed by atoms with van der Waals surface area (Å²) in [5, 5.41) is 8.94. The molecule has 1 aromatic carbocycles. The van der Waals surface area contributed by atoms with Crippen LogP contribution in [0.5, 0.6) is 0 Å². The minimum absolute atomic E-state index is 0.707. The Labute approximate surface area is 154 Å². The lowest BCUT2D eigenvalue weighted by atomic mass is 10.2. The number of aryl methyl sites for hydroxylation is 1. The van der Waals surface area contributed by atoms with Crippen LogP contribution in [0, 0.1) is 18.3 Å². The Morgan fingerprint density at radius 1 is 0.808 bits per heavy atom. The highest BCUT2D eigenvalue weighted by Crippen LogP contribution is 2.24. The second kappa shape index (κ2) is 7.20. The molecule has 134 valence electrons. The molecule has 2 saturated heterocycles. The van der Waals surface area contributed by atoms with Gasteiger partial charge in [0.15, 0.2) is 0 Å². The summed E-state index contributed by atoms with van der Waals surface area (Å²) in [6, 6.07) is 12.2. The van der Waals surface area contributed by atoms with Crippen molar-refractivity contribution in [2.45, 2.75) is 19.8 Å². The number of hydrogen-bond donors (Lipinski definition) is 0. The maximum atomic E-state index is 8.94. The van der Waals surface area contributed by atoms with Gasteiger partial charge in [0, 0.05) is 51.0 Å². The van der Waals surface area contributed by atoms with Gasteiger partial charge in [-0.1, -0.05) is 0 Å². The first-order chi connectivity index (χ1) is 12.7. The van der Waals surface area contributed by atoms with Gasteiger partial charge in [0.1, 0.15) is 17.5 Å². The molecular formula is C20H24N6. The van der Waals surface area contributed by atoms with E-state index in [-0.39, 0.29) is 0 Å². The third kappa shape index (κ3) is 3.43. The molecule has 0 saturated carbocycles. The zero-order chi connectivity index (χ0) is 17.9. The fraction of sp³-hybridized carbons (Fsp3) is 0.450. The highest BCUT2D eigenvalue weighted by atomic mass is 15.3. The molecule has 3 heterocycles. The molecule has 2 fully saturated rings. The summed E-state index contributed by atoms with van der Waals surface area (Å²) in [7, 11) is 0. The van der Waals surface area contributed by atoms with E-state index in [0.29, 0.717) is 5.56 Å². The molecular weight excluding hydrogens is 324 g/mol. The van der Waals surface area contributed by atoms with Gasteiger partial charge >= 0.3 is 0 Å². The van der Waals surface area contributed by atoms with E-state index in [1.54, 1.807) is 0 Å². The first kappa shape index (κ1) is 16.6. The Bertz CT molecular complexity index is 796. The van der Waals surface area contributed by atoms with Gasteiger partial charge in [0.25, 0.3) is 0 Å². The van der Waals surface area contributed by atoms with Crippen molar-refractivity contribution in [3.05, 3.63) is 41.7 Å². The van der Waals surface area contributed by atoms with Crippen molar-refractivity contribution in [1.82, 2.24) is 9.97 Å². The van der Waals surface area contributed by atoms with Crippen molar-refractivity contribution in [1.29, 1.82) is 5.26 Å². The lowest BCUT2D eigenvalue weighted by molar-refractivity contribution is 0.645. The Balaban J connectivity index is 1.45. The number of piperazine rings is 1. The smallest absolute Gasteiger partial charge is 0.134 e. The number of aromatic nitrogens is 2. The molecule has 0 spiro atoms. The van der Waals surface area contributed by atoms with Crippen molar-refractivity contribution in [2.75, 3.05) is 54.0 Å². The van der Waals surface area contributed by atoms with Gasteiger partial charge < -0.3 is 14.7 Å². The van der Waals surface area contributed by atoms with Gasteiger partial charge in [0.05, 0.1) is 11.6 Å². The lowest BCUT2D eigenvalue weighted by Crippen LogP contribution is -2.47. The first-order valence-corrected chi connectivity index (χ1v) is 9.33. The molecule has 0 atom stereocenters. The second-order valence-corrected chi connectivity index (χ2v) is 6.96. The van der Waals surface area contributed by atoms with Crippen LogP contribution < -0.4 is 14.7 Å². The number of benzene rings is 1. The van der Waals surface area contributed by atoms with Gasteiger partial charge in [-0.3, -0.25) is 0 Å². The molecule has 6 heteroatoms. The predicted molar refractivity (Wildman–Crippen MR) is 104 cm³/mol. The van der Waals surface area contributed by atoms with Crippen LogP contribution in [-0.4, -0.2) is 49.2 Å². The van der Waals surface area contributed by atoms with Crippen molar-refractivity contribution in [3.63, 3.8) is 0 Å². The molecule has 26 heavy (non-hydrogen) atoms. The average Bonchev–Trinajstić information content (AvgIpc) is 3.23. The monoisotopic (exact) mass is 348 g/mol. The summed E-state index contributed by atoms with van der Waals surface area (Å²) in [4.78, 5) is 16.4. The van der Waals surface area contributed by atoms with Crippen LogP contribution in [0.1, 0.15) is 24.2 Å². The Hall–Kier alpha value is -2.81. The topological polar surface area (TPSA) is 59.3 Å². The highest BCUT2D eigenvalue weighted by molar-refractivity contribution is 5.54. The molecule has 0 unspecified atom stereocenters. The molecule has 2 aliphatic heterocycles. The Kier molecular flexibility index (Phi) is 4.61. The quantitative estimate of drug-likeness (QED) is 0.850. The minimum Gasteiger partial charge on any atom is -0.368 e. The van der Waals surface area contributed by atoms with Crippen molar-refractivity contribution in [3.8, 4) is 6.07 Å². The number of hydrogen-bond acceptors (Lipinski definition) is 6. The first-order valence-electron chi connectivity index (χ1n) is 9.33. The molecule has 1 aromatic heterocycles. The van der Waals surface area contributed by atoms with Gasteiger partial charge in [0.2, 0.25) is 0 Å². The van der Waals surface area contributed by atoms with Gasteiger partial charge in [-0.05, 0) is 44.0 Å². The van der Waals surface area contributed by atoms with Crippen LogP contribution in [0.15, 0.2) is 30.3 Å². The fourth-order valence-electron chi connectivity index (χ4n) is 3.75. The highest BCUT2D eigenvalue weighted by Gasteiger charge is 2.21. The number of anilines is 3. The Morgan fingerprint density at radius 3 is 1.92 bits per heavy atom. The van der Waals surface area contributed by atoms with Gasteiger partial charge in [-0.15, -0.1) is 0 Å². The molecule has 0 N–H and O–H groups in total. The largest absolute Gasteiger partial charge is 0.368 e. The Morgan fingerprint density at radius 2 is 1.35 bits per heavy atom. The molecule has 4 rings (SSSR count). The predicted octanol–water partition coefficient (Wildman–Crippen LogP) is 2.58. The fourth-order valence-corrected chi connectivity index (χ4v) is 3.75. The van der Waals surface area contributed by atoms with E-state index in [9.17, 15) is 0 Å². The summed E-state index contributed by atoms with van der Waals surface area (Å²) in [5.41, 5.74) is 1.89. The third-order valence-electron chi connectivity index (χ3n) is 5.21. The van der Waals surface area contributed by atoms with Crippen LogP contribution in [0.2, 0.25) is 0 Å². The van der Waals surface area contributed by atoms with E-state index in [1.165, 1.54) is 18.5 Å². The molecule has 0 bridgehead atoms. The molecule has 6 nitrogen and oxygen atoms in total. The van der Waals surface area contributed by atoms with E-state index in [4.69, 9.17) is 5.26 Å². The molecule has 2 aliphatic rings. The summed E-state index contributed by atoms with van der Waals surface area (Å²) < 4.78 is 0. The average molecular weight is 348 g/mol. The summed E-state index contributed by atoms with van der Waals surface area (Å²) in [5.74, 6) is 2.96. The van der Waals surface area contributed by atoms with Crippen LogP contribution >= 0.6 is 0 Å². The zero-order valence-corrected chi connectivity index (χ0v) is 15.2. The standard InChI is InChI=1S/C20H24N6/c1-16-22-19(25-8-2-3-9-25)14-20(23-16)26-12-10-24(11-13-26)18-6-4-17(15-21)5-7-18/h4-7,14H,2-3,8-13H2,1H3. The molecule has 0 amide bonds. The van der Waals surface area contributed by atoms with Crippen LogP contribution in [0.3, 0.4) is 0 Å². The third-order valence-corrected chi connectivity index (χ3v) is 5.21. The normalized spacial score (nSPS) is 17.5. The van der Waals surface area contributed by atoms with Crippen molar-refractivity contribution < 1.29 is 0 Å². The van der Waals surface area contributed by atoms with Crippen LogP contribution in [0.25, 0.3) is 0 Å². The number of nitriles is 1. The minimum atomic E-state index is 0.707. The molecule has 0 aliphatic carbocycles. The van der Waals surface area contributed by atoms with Crippen molar-refractivity contribution in [2.24, 2.45) is 0 Å². The summed E-state index contributed by atoms with van der Waals surface area (Å²) in [6.45, 7) is 7.97. The van der Waals surface area contributed by atoms with E-state index >= 15 is 0 Å². The number of nitrogens with zero attached hydrogens (tertiary/aromatic N) is 6. The van der Waals surface area contributed by atoms with E-state index in [1.807, 2.05) is 31.2 Å². The van der Waals surface area contributed by atoms with Gasteiger partial charge in [-0.2, -0.15) is 5.26 Å². The molecule has 2 aromatic rings. The van der Waals surface area contributed by atoms with E-state index in [0.717, 1.165) is 56.7 Å². The zero-order valence-electron chi connectivity index (χ0n) is 15.2. The van der Waals surface area contributed by atoms with Gasteiger partial charge in [-0.25, -0.2) is 9.97 Å². The van der Waals surface area contributed by atoms with Crippen molar-refractivity contribution >= 4 is 17.3 Å². The second-order valence-electron chi connectivity index (χ2n) is 6.96.